The molecule has 0 radical (unpaired) electrons. The molecule has 2 rings (SSSR count). The number of halogens is 1. The molecule has 0 fully saturated rings. The number of rotatable bonds is 3. The first-order valence-corrected chi connectivity index (χ1v) is 8.06. The lowest BCUT2D eigenvalue weighted by molar-refractivity contribution is -0.607. The zero-order valence-electron chi connectivity index (χ0n) is 13.9. The van der Waals surface area contributed by atoms with E-state index >= 15 is 0 Å². The molecule has 7 heteroatoms. The minimum atomic E-state index is -0.610. The van der Waals surface area contributed by atoms with E-state index in [2.05, 4.69) is 21.1 Å². The Hall–Kier alpha value is -2.28. The Morgan fingerprint density at radius 2 is 1.92 bits per heavy atom. The first kappa shape index (κ1) is 18.1. The highest BCUT2D eigenvalue weighted by atomic mass is 79.9. The van der Waals surface area contributed by atoms with Gasteiger partial charge in [-0.1, -0.05) is 21.1 Å². The Labute approximate surface area is 148 Å². The maximum Gasteiger partial charge on any atom is 0.288 e. The van der Waals surface area contributed by atoms with Gasteiger partial charge in [0.25, 0.3) is 5.69 Å². The van der Waals surface area contributed by atoms with Crippen LogP contribution in [0.3, 0.4) is 0 Å². The number of phenolic OH excluding ortho intramolecular Hbond substituents is 1. The minimum Gasteiger partial charge on any atom is -0.618 e. The van der Waals surface area contributed by atoms with E-state index in [0.717, 1.165) is 10.0 Å². The number of phenols is 1. The van der Waals surface area contributed by atoms with Crippen LogP contribution in [0.2, 0.25) is 0 Å². The highest BCUT2D eigenvalue weighted by Crippen LogP contribution is 2.30. The molecule has 2 aromatic rings. The average molecular weight is 395 g/mol. The molecule has 24 heavy (non-hydrogen) atoms. The molecule has 0 aliphatic heterocycles. The molecule has 0 saturated heterocycles. The molecule has 6 nitrogen and oxygen atoms in total. The third-order valence-electron chi connectivity index (χ3n) is 3.11. The fourth-order valence-corrected chi connectivity index (χ4v) is 2.31. The van der Waals surface area contributed by atoms with Gasteiger partial charge in [-0.25, -0.2) is 0 Å². The van der Waals surface area contributed by atoms with Gasteiger partial charge >= 0.3 is 0 Å². The van der Waals surface area contributed by atoms with E-state index in [1.54, 1.807) is 32.9 Å². The number of aryl methyl sites for hydroxylation is 1. The van der Waals surface area contributed by atoms with Crippen molar-refractivity contribution in [1.29, 1.82) is 0 Å². The van der Waals surface area contributed by atoms with E-state index in [0.29, 0.717) is 4.73 Å². The number of pyridine rings is 1. The molecule has 0 unspecified atom stereocenters. The van der Waals surface area contributed by atoms with Crippen LogP contribution in [0.4, 0.5) is 0 Å². The predicted octanol–water partition coefficient (Wildman–Crippen LogP) is 3.37. The van der Waals surface area contributed by atoms with Crippen molar-refractivity contribution in [3.63, 3.8) is 0 Å². The molecule has 0 spiro atoms. The average Bonchev–Trinajstić information content (AvgIpc) is 2.45. The molecular formula is C17H19BrN2O4. The lowest BCUT2D eigenvalue weighted by atomic mass is 10.0. The Bertz CT molecular complexity index is 778. The molecule has 1 aromatic carbocycles. The summed E-state index contributed by atoms with van der Waals surface area (Å²) in [7, 11) is 0. The smallest absolute Gasteiger partial charge is 0.288 e. The van der Waals surface area contributed by atoms with Crippen molar-refractivity contribution >= 4 is 21.6 Å². The van der Waals surface area contributed by atoms with Crippen LogP contribution in [-0.2, 0) is 4.84 Å². The largest absolute Gasteiger partial charge is 0.618 e. The highest BCUT2D eigenvalue weighted by Gasteiger charge is 2.26. The molecule has 1 aromatic heterocycles. The molecule has 0 aliphatic carbocycles. The Kier molecular flexibility index (Phi) is 5.03. The van der Waals surface area contributed by atoms with Gasteiger partial charge in [0.15, 0.2) is 17.7 Å². The second kappa shape index (κ2) is 6.68. The predicted molar refractivity (Wildman–Crippen MR) is 94.1 cm³/mol. The lowest BCUT2D eigenvalue weighted by Gasteiger charge is -2.17. The van der Waals surface area contributed by atoms with Gasteiger partial charge in [-0.2, -0.15) is 4.73 Å². The zero-order chi connectivity index (χ0) is 18.1. The molecule has 128 valence electrons. The maximum atomic E-state index is 12.2. The van der Waals surface area contributed by atoms with Crippen LogP contribution in [0, 0.1) is 12.1 Å². The maximum absolute atomic E-state index is 12.2. The van der Waals surface area contributed by atoms with Crippen LogP contribution in [0.1, 0.15) is 37.6 Å². The van der Waals surface area contributed by atoms with Crippen LogP contribution < -0.4 is 4.73 Å². The van der Waals surface area contributed by atoms with E-state index in [1.165, 1.54) is 18.3 Å². The summed E-state index contributed by atoms with van der Waals surface area (Å²) in [4.78, 5) is 5.43. The number of hydrogen-bond donors (Lipinski definition) is 2. The van der Waals surface area contributed by atoms with Gasteiger partial charge in [0.2, 0.25) is 0 Å². The molecule has 0 bridgehead atoms. The Morgan fingerprint density at radius 1 is 1.25 bits per heavy atom. The summed E-state index contributed by atoms with van der Waals surface area (Å²) >= 11 is 3.39. The van der Waals surface area contributed by atoms with Crippen LogP contribution in [-0.4, -0.2) is 21.5 Å². The summed E-state index contributed by atoms with van der Waals surface area (Å²) in [6.07, 6.45) is 1.24. The third kappa shape index (κ3) is 3.97. The summed E-state index contributed by atoms with van der Waals surface area (Å²) < 4.78 is 1.21. The number of nitrogens with zero attached hydrogens (tertiary/aromatic N) is 2. The molecule has 1 heterocycles. The fourth-order valence-electron chi connectivity index (χ4n) is 1.96. The number of aromatic nitrogens is 1. The van der Waals surface area contributed by atoms with E-state index in [4.69, 9.17) is 4.84 Å². The molecule has 0 amide bonds. The van der Waals surface area contributed by atoms with E-state index in [-0.39, 0.29) is 28.5 Å². The van der Waals surface area contributed by atoms with E-state index in [9.17, 15) is 15.4 Å². The summed E-state index contributed by atoms with van der Waals surface area (Å²) in [6, 6.07) is 5.96. The lowest BCUT2D eigenvalue weighted by Crippen LogP contribution is -2.35. The van der Waals surface area contributed by atoms with Crippen molar-refractivity contribution in [2.75, 3.05) is 0 Å². The van der Waals surface area contributed by atoms with Gasteiger partial charge in [-0.15, -0.1) is 0 Å². The van der Waals surface area contributed by atoms with Gasteiger partial charge in [0.05, 0.1) is 5.56 Å². The topological polar surface area (TPSA) is 89.0 Å². The standard InChI is InChI=1S/C17H19BrN2O4/c1-10-8-14(22)11(9-12(10)18)15(19-24-17(2,3)4)16-13(21)6-5-7-20(16)23/h5-9,21-22H,1-4H3. The van der Waals surface area contributed by atoms with Crippen LogP contribution in [0.15, 0.2) is 40.1 Å². The van der Waals surface area contributed by atoms with Crippen molar-refractivity contribution in [2.24, 2.45) is 5.16 Å². The summed E-state index contributed by atoms with van der Waals surface area (Å²) in [5.74, 6) is -0.338. The van der Waals surface area contributed by atoms with Crippen molar-refractivity contribution in [2.45, 2.75) is 33.3 Å². The van der Waals surface area contributed by atoms with Crippen molar-refractivity contribution in [3.05, 3.63) is 57.0 Å². The van der Waals surface area contributed by atoms with Crippen molar-refractivity contribution in [3.8, 4) is 11.5 Å². The monoisotopic (exact) mass is 394 g/mol. The number of aromatic hydroxyl groups is 2. The van der Waals surface area contributed by atoms with Crippen molar-refractivity contribution < 1.29 is 19.8 Å². The summed E-state index contributed by atoms with van der Waals surface area (Å²) in [6.45, 7) is 7.23. The van der Waals surface area contributed by atoms with E-state index in [1.807, 2.05) is 6.92 Å². The molecule has 0 aliphatic rings. The first-order chi connectivity index (χ1) is 11.1. The summed E-state index contributed by atoms with van der Waals surface area (Å²) in [5, 5.41) is 36.6. The highest BCUT2D eigenvalue weighted by molar-refractivity contribution is 9.10. The molecule has 0 atom stereocenters. The summed E-state index contributed by atoms with van der Waals surface area (Å²) in [5.41, 5.74) is 0.410. The molecular weight excluding hydrogens is 376 g/mol. The first-order valence-electron chi connectivity index (χ1n) is 7.27. The Balaban J connectivity index is 2.72. The van der Waals surface area contributed by atoms with Gasteiger partial charge < -0.3 is 20.3 Å². The number of hydrogen-bond acceptors (Lipinski definition) is 5. The van der Waals surface area contributed by atoms with Crippen LogP contribution in [0.5, 0.6) is 11.5 Å². The number of oxime groups is 1. The number of benzene rings is 1. The zero-order valence-corrected chi connectivity index (χ0v) is 15.5. The van der Waals surface area contributed by atoms with Gasteiger partial charge in [-0.3, -0.25) is 0 Å². The molecule has 0 saturated carbocycles. The Morgan fingerprint density at radius 3 is 2.50 bits per heavy atom. The van der Waals surface area contributed by atoms with Crippen LogP contribution >= 0.6 is 15.9 Å². The fraction of sp³-hybridized carbons (Fsp3) is 0.294. The second-order valence-electron chi connectivity index (χ2n) is 6.33. The quantitative estimate of drug-likeness (QED) is 0.361. The van der Waals surface area contributed by atoms with Crippen molar-refractivity contribution in [1.82, 2.24) is 0 Å². The van der Waals surface area contributed by atoms with Crippen LogP contribution in [0.25, 0.3) is 0 Å². The second-order valence-corrected chi connectivity index (χ2v) is 7.18. The normalized spacial score (nSPS) is 12.3. The van der Waals surface area contributed by atoms with Gasteiger partial charge in [0.1, 0.15) is 11.4 Å². The van der Waals surface area contributed by atoms with E-state index < -0.39 is 5.60 Å². The molecule has 2 N–H and O–H groups in total. The minimum absolute atomic E-state index is 0.0382. The SMILES string of the molecule is Cc1cc(O)c(C(=NOC(C)(C)C)c2c(O)ccc[n+]2[O-])cc1Br. The third-order valence-corrected chi connectivity index (χ3v) is 3.96. The van der Waals surface area contributed by atoms with Gasteiger partial charge in [0, 0.05) is 10.5 Å². The van der Waals surface area contributed by atoms with Gasteiger partial charge in [-0.05, 0) is 51.5 Å².